The van der Waals surface area contributed by atoms with Crippen molar-refractivity contribution < 1.29 is 4.79 Å². The molecule has 4 heteroatoms. The summed E-state index contributed by atoms with van der Waals surface area (Å²) in [5.74, 6) is 0.849. The van der Waals surface area contributed by atoms with Crippen LogP contribution >= 0.6 is 15.9 Å². The molecule has 0 radical (unpaired) electrons. The Kier molecular flexibility index (Phi) is 5.08. The van der Waals surface area contributed by atoms with Gasteiger partial charge in [0, 0.05) is 43.3 Å². The second-order valence-electron chi connectivity index (χ2n) is 5.75. The topological polar surface area (TPSA) is 23.6 Å². The summed E-state index contributed by atoms with van der Waals surface area (Å²) in [4.78, 5) is 17.1. The number of rotatable bonds is 3. The molecule has 0 N–H and O–H groups in total. The van der Waals surface area contributed by atoms with Crippen molar-refractivity contribution in [1.82, 2.24) is 4.90 Å². The lowest BCUT2D eigenvalue weighted by Crippen LogP contribution is -2.40. The third kappa shape index (κ3) is 3.54. The molecule has 1 saturated heterocycles. The van der Waals surface area contributed by atoms with Crippen molar-refractivity contribution in [2.75, 3.05) is 32.1 Å². The van der Waals surface area contributed by atoms with Crippen molar-refractivity contribution in [3.63, 3.8) is 0 Å². The Morgan fingerprint density at radius 1 is 1.35 bits per heavy atom. The fourth-order valence-corrected chi connectivity index (χ4v) is 3.19. The molecule has 3 nitrogen and oxygen atoms in total. The number of nitrogens with zero attached hydrogens (tertiary/aromatic N) is 2. The summed E-state index contributed by atoms with van der Waals surface area (Å²) in [6, 6.07) is 7.86. The summed E-state index contributed by atoms with van der Waals surface area (Å²) in [5.41, 5.74) is 1.86. The molecule has 20 heavy (non-hydrogen) atoms. The Balaban J connectivity index is 2.03. The van der Waals surface area contributed by atoms with E-state index >= 15 is 0 Å². The van der Waals surface area contributed by atoms with E-state index in [1.807, 2.05) is 48.2 Å². The molecule has 0 aromatic heterocycles. The van der Waals surface area contributed by atoms with Gasteiger partial charge in [0.05, 0.1) is 0 Å². The SMILES string of the molecule is CC(Br)C1CCN(C(=O)c2cccc(N(C)C)c2)CC1. The van der Waals surface area contributed by atoms with Crippen LogP contribution in [-0.2, 0) is 0 Å². The molecule has 0 saturated carbocycles. The van der Waals surface area contributed by atoms with E-state index in [2.05, 4.69) is 22.9 Å². The van der Waals surface area contributed by atoms with Crippen LogP contribution < -0.4 is 4.90 Å². The Morgan fingerprint density at radius 3 is 2.55 bits per heavy atom. The number of carbonyl (C=O) groups is 1. The van der Waals surface area contributed by atoms with Gasteiger partial charge in [0.2, 0.25) is 0 Å². The first kappa shape index (κ1) is 15.4. The van der Waals surface area contributed by atoms with Crippen molar-refractivity contribution >= 4 is 27.5 Å². The van der Waals surface area contributed by atoms with Crippen molar-refractivity contribution in [1.29, 1.82) is 0 Å². The largest absolute Gasteiger partial charge is 0.378 e. The molecule has 0 aliphatic carbocycles. The zero-order valence-corrected chi connectivity index (χ0v) is 14.1. The first-order valence-corrected chi connectivity index (χ1v) is 8.11. The molecule has 2 rings (SSSR count). The highest BCUT2D eigenvalue weighted by atomic mass is 79.9. The Bertz CT molecular complexity index is 465. The average molecular weight is 339 g/mol. The molecular weight excluding hydrogens is 316 g/mol. The number of benzene rings is 1. The lowest BCUT2D eigenvalue weighted by molar-refractivity contribution is 0.0691. The maximum atomic E-state index is 12.5. The van der Waals surface area contributed by atoms with Gasteiger partial charge in [-0.25, -0.2) is 0 Å². The number of likely N-dealkylation sites (tertiary alicyclic amines) is 1. The number of hydrogen-bond donors (Lipinski definition) is 0. The third-order valence-corrected chi connectivity index (χ3v) is 4.83. The molecule has 1 unspecified atom stereocenters. The minimum atomic E-state index is 0.161. The number of piperidine rings is 1. The van der Waals surface area contributed by atoms with Gasteiger partial charge in [0.25, 0.3) is 5.91 Å². The van der Waals surface area contributed by atoms with E-state index in [1.165, 1.54) is 0 Å². The number of carbonyl (C=O) groups excluding carboxylic acids is 1. The maximum Gasteiger partial charge on any atom is 0.253 e. The second kappa shape index (κ2) is 6.61. The minimum Gasteiger partial charge on any atom is -0.378 e. The standard InChI is InChI=1S/C16H23BrN2O/c1-12(17)13-7-9-19(10-8-13)16(20)14-5-4-6-15(11-14)18(2)3/h4-6,11-13H,7-10H2,1-3H3. The normalized spacial score (nSPS) is 17.9. The maximum absolute atomic E-state index is 12.5. The number of amides is 1. The lowest BCUT2D eigenvalue weighted by atomic mass is 9.94. The van der Waals surface area contributed by atoms with Gasteiger partial charge in [-0.15, -0.1) is 0 Å². The molecule has 1 aliphatic heterocycles. The Hall–Kier alpha value is -1.03. The first-order valence-electron chi connectivity index (χ1n) is 7.19. The van der Waals surface area contributed by atoms with Crippen LogP contribution in [0.5, 0.6) is 0 Å². The molecule has 1 fully saturated rings. The van der Waals surface area contributed by atoms with Gasteiger partial charge in [-0.1, -0.05) is 28.9 Å². The zero-order chi connectivity index (χ0) is 14.7. The van der Waals surface area contributed by atoms with E-state index in [-0.39, 0.29) is 5.91 Å². The summed E-state index contributed by atoms with van der Waals surface area (Å²) in [6.45, 7) is 3.93. The van der Waals surface area contributed by atoms with Gasteiger partial charge in [0.15, 0.2) is 0 Å². The van der Waals surface area contributed by atoms with E-state index in [4.69, 9.17) is 0 Å². The molecule has 1 atom stereocenters. The molecule has 110 valence electrons. The van der Waals surface area contributed by atoms with Crippen molar-refractivity contribution in [3.8, 4) is 0 Å². The number of halogens is 1. The van der Waals surface area contributed by atoms with Gasteiger partial charge in [0.1, 0.15) is 0 Å². The highest BCUT2D eigenvalue weighted by Crippen LogP contribution is 2.26. The minimum absolute atomic E-state index is 0.161. The van der Waals surface area contributed by atoms with Crippen LogP contribution in [0.3, 0.4) is 0 Å². The van der Waals surface area contributed by atoms with E-state index in [9.17, 15) is 4.79 Å². The predicted octanol–water partition coefficient (Wildman–Crippen LogP) is 3.39. The lowest BCUT2D eigenvalue weighted by Gasteiger charge is -2.33. The summed E-state index contributed by atoms with van der Waals surface area (Å²) in [6.07, 6.45) is 2.18. The summed E-state index contributed by atoms with van der Waals surface area (Å²) in [5, 5.41) is 0. The monoisotopic (exact) mass is 338 g/mol. The van der Waals surface area contributed by atoms with Crippen LogP contribution in [0.4, 0.5) is 5.69 Å². The van der Waals surface area contributed by atoms with Gasteiger partial charge in [-0.2, -0.15) is 0 Å². The molecular formula is C16H23BrN2O. The average Bonchev–Trinajstić information content (AvgIpc) is 2.46. The second-order valence-corrected chi connectivity index (χ2v) is 7.20. The van der Waals surface area contributed by atoms with Crippen molar-refractivity contribution in [2.24, 2.45) is 5.92 Å². The molecule has 1 heterocycles. The Morgan fingerprint density at radius 2 is 2.00 bits per heavy atom. The van der Waals surface area contributed by atoms with E-state index in [0.29, 0.717) is 10.7 Å². The predicted molar refractivity (Wildman–Crippen MR) is 87.8 cm³/mol. The van der Waals surface area contributed by atoms with Gasteiger partial charge < -0.3 is 9.80 Å². The third-order valence-electron chi connectivity index (χ3n) is 4.09. The summed E-state index contributed by atoms with van der Waals surface area (Å²) < 4.78 is 0. The van der Waals surface area contributed by atoms with Crippen molar-refractivity contribution in [3.05, 3.63) is 29.8 Å². The van der Waals surface area contributed by atoms with Crippen LogP contribution in [0.2, 0.25) is 0 Å². The molecule has 1 amide bonds. The number of hydrogen-bond acceptors (Lipinski definition) is 2. The smallest absolute Gasteiger partial charge is 0.253 e. The summed E-state index contributed by atoms with van der Waals surface area (Å²) >= 11 is 3.65. The zero-order valence-electron chi connectivity index (χ0n) is 12.5. The highest BCUT2D eigenvalue weighted by Gasteiger charge is 2.25. The van der Waals surface area contributed by atoms with E-state index in [1.54, 1.807) is 0 Å². The fourth-order valence-electron chi connectivity index (χ4n) is 2.66. The molecule has 1 aromatic rings. The van der Waals surface area contributed by atoms with Gasteiger partial charge in [-0.05, 0) is 37.0 Å². The molecule has 0 bridgehead atoms. The van der Waals surface area contributed by atoms with Crippen LogP contribution in [0.25, 0.3) is 0 Å². The molecule has 1 aliphatic rings. The van der Waals surface area contributed by atoms with E-state index < -0.39 is 0 Å². The van der Waals surface area contributed by atoms with Gasteiger partial charge >= 0.3 is 0 Å². The number of alkyl halides is 1. The fraction of sp³-hybridized carbons (Fsp3) is 0.562. The van der Waals surface area contributed by atoms with E-state index in [0.717, 1.165) is 37.2 Å². The summed E-state index contributed by atoms with van der Waals surface area (Å²) in [7, 11) is 3.99. The van der Waals surface area contributed by atoms with Crippen LogP contribution in [0.15, 0.2) is 24.3 Å². The van der Waals surface area contributed by atoms with Crippen molar-refractivity contribution in [2.45, 2.75) is 24.6 Å². The number of anilines is 1. The Labute approximate surface area is 130 Å². The molecule has 1 aromatic carbocycles. The quantitative estimate of drug-likeness (QED) is 0.788. The van der Waals surface area contributed by atoms with Crippen LogP contribution in [-0.4, -0.2) is 42.8 Å². The molecule has 0 spiro atoms. The first-order chi connectivity index (χ1) is 9.49. The highest BCUT2D eigenvalue weighted by molar-refractivity contribution is 9.09. The van der Waals surface area contributed by atoms with Crippen LogP contribution in [0.1, 0.15) is 30.1 Å². The van der Waals surface area contributed by atoms with Gasteiger partial charge in [-0.3, -0.25) is 4.79 Å². The van der Waals surface area contributed by atoms with Crippen LogP contribution in [0, 0.1) is 5.92 Å².